The second-order valence-electron chi connectivity index (χ2n) is 5.79. The molecule has 0 spiro atoms. The van der Waals surface area contributed by atoms with Crippen LogP contribution in [0.5, 0.6) is 0 Å². The molecule has 1 aliphatic rings. The van der Waals surface area contributed by atoms with Crippen molar-refractivity contribution in [3.8, 4) is 0 Å². The third-order valence-electron chi connectivity index (χ3n) is 4.06. The van der Waals surface area contributed by atoms with Gasteiger partial charge in [0.05, 0.1) is 6.10 Å². The van der Waals surface area contributed by atoms with E-state index in [1.807, 2.05) is 7.05 Å². The summed E-state index contributed by atoms with van der Waals surface area (Å²) >= 11 is 0. The molecular weight excluding hydrogens is 241 g/mol. The largest absolute Gasteiger partial charge is 0.392 e. The average molecular weight is 265 g/mol. The van der Waals surface area contributed by atoms with Crippen molar-refractivity contribution >= 4 is 0 Å². The van der Waals surface area contributed by atoms with E-state index >= 15 is 0 Å². The van der Waals surface area contributed by atoms with Gasteiger partial charge in [0.25, 0.3) is 0 Å². The van der Waals surface area contributed by atoms with Gasteiger partial charge in [-0.15, -0.1) is 0 Å². The molecule has 1 aromatic rings. The zero-order valence-corrected chi connectivity index (χ0v) is 11.7. The minimum atomic E-state index is -0.231. The lowest BCUT2D eigenvalue weighted by Crippen LogP contribution is -2.35. The predicted octanol–water partition coefficient (Wildman–Crippen LogP) is 3.20. The number of hydrogen-bond acceptors (Lipinski definition) is 2. The van der Waals surface area contributed by atoms with Crippen LogP contribution >= 0.6 is 0 Å². The number of likely N-dealkylation sites (N-methyl/N-ethyl adjacent to an activating group) is 1. The lowest BCUT2D eigenvalue weighted by molar-refractivity contribution is 0.0531. The zero-order chi connectivity index (χ0) is 13.7. The Kier molecular flexibility index (Phi) is 5.34. The Morgan fingerprint density at radius 1 is 1.21 bits per heavy atom. The molecule has 3 heteroatoms. The van der Waals surface area contributed by atoms with E-state index < -0.39 is 0 Å². The summed E-state index contributed by atoms with van der Waals surface area (Å²) in [5.41, 5.74) is 1.08. The monoisotopic (exact) mass is 265 g/mol. The molecule has 2 rings (SSSR count). The highest BCUT2D eigenvalue weighted by molar-refractivity contribution is 5.15. The first-order chi connectivity index (χ1) is 9.15. The molecule has 1 unspecified atom stereocenters. The SMILES string of the molecule is CN(Cc1ccc(F)cc1)CC(O)C1CCCCC1. The average Bonchev–Trinajstić information content (AvgIpc) is 2.42. The van der Waals surface area contributed by atoms with E-state index in [1.165, 1.54) is 31.4 Å². The van der Waals surface area contributed by atoms with Gasteiger partial charge in [-0.05, 0) is 43.5 Å². The highest BCUT2D eigenvalue weighted by Crippen LogP contribution is 2.26. The second kappa shape index (κ2) is 7.01. The second-order valence-corrected chi connectivity index (χ2v) is 5.79. The van der Waals surface area contributed by atoms with Crippen molar-refractivity contribution in [3.63, 3.8) is 0 Å². The van der Waals surface area contributed by atoms with E-state index in [0.29, 0.717) is 12.5 Å². The van der Waals surface area contributed by atoms with Crippen molar-refractivity contribution in [2.45, 2.75) is 44.8 Å². The lowest BCUT2D eigenvalue weighted by atomic mass is 9.85. The minimum absolute atomic E-state index is 0.200. The summed E-state index contributed by atoms with van der Waals surface area (Å²) in [5, 5.41) is 10.3. The fourth-order valence-corrected chi connectivity index (χ4v) is 2.95. The number of halogens is 1. The first kappa shape index (κ1) is 14.5. The van der Waals surface area contributed by atoms with E-state index in [0.717, 1.165) is 24.9 Å². The number of rotatable bonds is 5. The maximum atomic E-state index is 12.8. The third kappa shape index (κ3) is 4.59. The smallest absolute Gasteiger partial charge is 0.123 e. The van der Waals surface area contributed by atoms with E-state index in [-0.39, 0.29) is 11.9 Å². The van der Waals surface area contributed by atoms with Crippen LogP contribution in [0.25, 0.3) is 0 Å². The molecule has 0 radical (unpaired) electrons. The summed E-state index contributed by atoms with van der Waals surface area (Å²) in [7, 11) is 2.01. The van der Waals surface area contributed by atoms with Crippen molar-refractivity contribution < 1.29 is 9.50 Å². The van der Waals surface area contributed by atoms with Gasteiger partial charge < -0.3 is 5.11 Å². The van der Waals surface area contributed by atoms with Crippen molar-refractivity contribution in [1.82, 2.24) is 4.90 Å². The molecule has 1 aliphatic carbocycles. The van der Waals surface area contributed by atoms with Gasteiger partial charge in [0.15, 0.2) is 0 Å². The van der Waals surface area contributed by atoms with Crippen LogP contribution in [0.4, 0.5) is 4.39 Å². The maximum Gasteiger partial charge on any atom is 0.123 e. The van der Waals surface area contributed by atoms with E-state index in [2.05, 4.69) is 4.90 Å². The van der Waals surface area contributed by atoms with Gasteiger partial charge >= 0.3 is 0 Å². The molecule has 1 fully saturated rings. The summed E-state index contributed by atoms with van der Waals surface area (Å²) in [6.45, 7) is 1.45. The van der Waals surface area contributed by atoms with Gasteiger partial charge in [-0.3, -0.25) is 4.90 Å². The van der Waals surface area contributed by atoms with Crippen LogP contribution in [0, 0.1) is 11.7 Å². The van der Waals surface area contributed by atoms with Crippen LogP contribution in [-0.2, 0) is 6.54 Å². The highest BCUT2D eigenvalue weighted by atomic mass is 19.1. The van der Waals surface area contributed by atoms with Crippen LogP contribution in [0.15, 0.2) is 24.3 Å². The molecule has 0 aromatic heterocycles. The molecule has 2 nitrogen and oxygen atoms in total. The van der Waals surface area contributed by atoms with E-state index in [4.69, 9.17) is 0 Å². The first-order valence-electron chi connectivity index (χ1n) is 7.26. The summed E-state index contributed by atoms with van der Waals surface area (Å²) < 4.78 is 12.8. The fraction of sp³-hybridized carbons (Fsp3) is 0.625. The number of aliphatic hydroxyl groups excluding tert-OH is 1. The van der Waals surface area contributed by atoms with E-state index in [9.17, 15) is 9.50 Å². The number of aliphatic hydroxyl groups is 1. The van der Waals surface area contributed by atoms with Crippen molar-refractivity contribution in [2.24, 2.45) is 5.92 Å². The molecule has 0 saturated heterocycles. The Balaban J connectivity index is 1.79. The fourth-order valence-electron chi connectivity index (χ4n) is 2.95. The molecular formula is C16H24FNO. The van der Waals surface area contributed by atoms with Gasteiger partial charge in [0, 0.05) is 13.1 Å². The Morgan fingerprint density at radius 2 is 1.84 bits per heavy atom. The van der Waals surface area contributed by atoms with Gasteiger partial charge in [-0.25, -0.2) is 4.39 Å². The van der Waals surface area contributed by atoms with Gasteiger partial charge in [0.2, 0.25) is 0 Å². The molecule has 106 valence electrons. The highest BCUT2D eigenvalue weighted by Gasteiger charge is 2.22. The Morgan fingerprint density at radius 3 is 2.47 bits per heavy atom. The Labute approximate surface area is 115 Å². The number of nitrogens with zero attached hydrogens (tertiary/aromatic N) is 1. The number of benzene rings is 1. The van der Waals surface area contributed by atoms with Gasteiger partial charge in [0.1, 0.15) is 5.82 Å². The summed E-state index contributed by atoms with van der Waals surface area (Å²) in [6, 6.07) is 6.58. The molecule has 1 atom stereocenters. The quantitative estimate of drug-likeness (QED) is 0.883. The summed E-state index contributed by atoms with van der Waals surface area (Å²) in [4.78, 5) is 2.12. The standard InChI is InChI=1S/C16H24FNO/c1-18(11-13-7-9-15(17)10-8-13)12-16(19)14-5-3-2-4-6-14/h7-10,14,16,19H,2-6,11-12H2,1H3. The molecule has 0 heterocycles. The van der Waals surface area contributed by atoms with Crippen molar-refractivity contribution in [2.75, 3.05) is 13.6 Å². The molecule has 0 aliphatic heterocycles. The molecule has 1 aromatic carbocycles. The normalized spacial score (nSPS) is 18.7. The zero-order valence-electron chi connectivity index (χ0n) is 11.7. The third-order valence-corrected chi connectivity index (χ3v) is 4.06. The van der Waals surface area contributed by atoms with Crippen LogP contribution in [-0.4, -0.2) is 29.7 Å². The van der Waals surface area contributed by atoms with E-state index in [1.54, 1.807) is 12.1 Å². The first-order valence-corrected chi connectivity index (χ1v) is 7.26. The van der Waals surface area contributed by atoms with Crippen LogP contribution in [0.3, 0.4) is 0 Å². The lowest BCUT2D eigenvalue weighted by Gasteiger charge is -2.29. The topological polar surface area (TPSA) is 23.5 Å². The van der Waals surface area contributed by atoms with Crippen LogP contribution < -0.4 is 0 Å². The van der Waals surface area contributed by atoms with Crippen molar-refractivity contribution in [1.29, 1.82) is 0 Å². The maximum absolute atomic E-state index is 12.8. The van der Waals surface area contributed by atoms with Crippen molar-refractivity contribution in [3.05, 3.63) is 35.6 Å². The Hall–Kier alpha value is -0.930. The summed E-state index contributed by atoms with van der Waals surface area (Å²) in [5.74, 6) is 0.262. The van der Waals surface area contributed by atoms with Gasteiger partial charge in [-0.1, -0.05) is 31.4 Å². The molecule has 19 heavy (non-hydrogen) atoms. The molecule has 0 amide bonds. The minimum Gasteiger partial charge on any atom is -0.392 e. The molecule has 1 saturated carbocycles. The molecule has 1 N–H and O–H groups in total. The predicted molar refractivity (Wildman–Crippen MR) is 75.3 cm³/mol. The van der Waals surface area contributed by atoms with Gasteiger partial charge in [-0.2, -0.15) is 0 Å². The van der Waals surface area contributed by atoms with Crippen LogP contribution in [0.1, 0.15) is 37.7 Å². The Bertz CT molecular complexity index is 373. The molecule has 0 bridgehead atoms. The number of hydrogen-bond donors (Lipinski definition) is 1. The van der Waals surface area contributed by atoms with Crippen LogP contribution in [0.2, 0.25) is 0 Å². The summed E-state index contributed by atoms with van der Waals surface area (Å²) in [6.07, 6.45) is 5.91.